The van der Waals surface area contributed by atoms with Crippen LogP contribution in [-0.4, -0.2) is 64.9 Å². The van der Waals surface area contributed by atoms with Crippen molar-refractivity contribution in [2.75, 3.05) is 18.4 Å². The van der Waals surface area contributed by atoms with Crippen molar-refractivity contribution >= 4 is 47.0 Å². The first-order valence-electron chi connectivity index (χ1n) is 13.2. The summed E-state index contributed by atoms with van der Waals surface area (Å²) in [6.07, 6.45) is 8.72. The van der Waals surface area contributed by atoms with Gasteiger partial charge in [-0.1, -0.05) is 24.3 Å². The summed E-state index contributed by atoms with van der Waals surface area (Å²) in [6, 6.07) is 10.2. The van der Waals surface area contributed by atoms with Gasteiger partial charge < -0.3 is 25.7 Å². The number of aromatic nitrogens is 2. The van der Waals surface area contributed by atoms with Crippen molar-refractivity contribution in [3.8, 4) is 17.0 Å². The quantitative estimate of drug-likeness (QED) is 0.191. The summed E-state index contributed by atoms with van der Waals surface area (Å²) in [5, 5.41) is 19.2. The SMILES string of the molecule is N=C/C(C(=O)Nc1cn(CC(=O)C2CCN(C=O)CC2)nc1-c1cc2ccccc2cc1OC(F)F)=C1/N=CC=CN1. The molecule has 0 saturated carbocycles. The van der Waals surface area contributed by atoms with Gasteiger partial charge in [0.1, 0.15) is 17.3 Å². The Kier molecular flexibility index (Phi) is 8.46. The van der Waals surface area contributed by atoms with E-state index in [1.807, 2.05) is 0 Å². The van der Waals surface area contributed by atoms with Crippen LogP contribution in [0.3, 0.4) is 0 Å². The average Bonchev–Trinajstić information content (AvgIpc) is 3.38. The molecule has 1 saturated heterocycles. The van der Waals surface area contributed by atoms with Crippen molar-refractivity contribution in [1.29, 1.82) is 5.41 Å². The van der Waals surface area contributed by atoms with Crippen LogP contribution < -0.4 is 15.4 Å². The number of alkyl halides is 2. The Bertz CT molecular complexity index is 1620. The fraction of sp³-hybridized carbons (Fsp3) is 0.241. The molecule has 0 atom stereocenters. The molecule has 0 radical (unpaired) electrons. The van der Waals surface area contributed by atoms with Crippen molar-refractivity contribution in [2.45, 2.75) is 26.0 Å². The number of hydrogen-bond donors (Lipinski definition) is 3. The van der Waals surface area contributed by atoms with Crippen LogP contribution in [0.15, 0.2) is 71.3 Å². The number of halogens is 2. The minimum Gasteiger partial charge on any atom is -0.434 e. The molecule has 0 spiro atoms. The number of ketones is 1. The molecule has 2 amide bonds. The maximum absolute atomic E-state index is 13.5. The molecule has 2 aliphatic heterocycles. The summed E-state index contributed by atoms with van der Waals surface area (Å²) in [5.74, 6) is -1.10. The van der Waals surface area contributed by atoms with E-state index in [1.54, 1.807) is 47.5 Å². The van der Waals surface area contributed by atoms with Crippen LogP contribution >= 0.6 is 0 Å². The topological polar surface area (TPSA) is 142 Å². The van der Waals surface area contributed by atoms with Gasteiger partial charge in [0.25, 0.3) is 5.91 Å². The molecule has 3 aromatic rings. The van der Waals surface area contributed by atoms with Gasteiger partial charge in [0.2, 0.25) is 6.41 Å². The molecule has 42 heavy (non-hydrogen) atoms. The number of benzene rings is 2. The summed E-state index contributed by atoms with van der Waals surface area (Å²) in [6.45, 7) is -2.31. The first-order chi connectivity index (χ1) is 20.4. The third-order valence-corrected chi connectivity index (χ3v) is 7.03. The second-order valence-corrected chi connectivity index (χ2v) is 9.69. The number of likely N-dealkylation sites (tertiary alicyclic amines) is 1. The van der Waals surface area contributed by atoms with E-state index in [-0.39, 0.29) is 52.3 Å². The lowest BCUT2D eigenvalue weighted by Gasteiger charge is -2.28. The Hall–Kier alpha value is -5.20. The third-order valence-electron chi connectivity index (χ3n) is 7.03. The highest BCUT2D eigenvalue weighted by Crippen LogP contribution is 2.38. The highest BCUT2D eigenvalue weighted by molar-refractivity contribution is 6.18. The van der Waals surface area contributed by atoms with Gasteiger partial charge in [-0.05, 0) is 41.8 Å². The molecule has 0 bridgehead atoms. The third kappa shape index (κ3) is 6.24. The summed E-state index contributed by atoms with van der Waals surface area (Å²) in [7, 11) is 0. The second kappa shape index (κ2) is 12.5. The number of fused-ring (bicyclic) bond motifs is 1. The van der Waals surface area contributed by atoms with Gasteiger partial charge in [-0.25, -0.2) is 4.99 Å². The summed E-state index contributed by atoms with van der Waals surface area (Å²) < 4.78 is 33.2. The van der Waals surface area contributed by atoms with Gasteiger partial charge in [-0.2, -0.15) is 13.9 Å². The Morgan fingerprint density at radius 1 is 1.19 bits per heavy atom. The first kappa shape index (κ1) is 28.3. The molecule has 3 N–H and O–H groups in total. The standard InChI is InChI=1S/C29H27F2N7O4/c30-29(31)42-25-13-20-5-2-1-4-19(20)12-21(25)26-23(35-28(41)22(14-32)27-33-8-3-9-34-27)15-38(36-26)16-24(40)18-6-10-37(17-39)11-7-18/h1-5,8-9,12-15,17-18,29,32-33H,6-7,10-11,16H2,(H,35,41)/b27-22-,32-14?. The Morgan fingerprint density at radius 3 is 2.57 bits per heavy atom. The zero-order chi connectivity index (χ0) is 29.6. The first-order valence-corrected chi connectivity index (χ1v) is 13.2. The maximum atomic E-state index is 13.5. The van der Waals surface area contributed by atoms with Gasteiger partial charge in [0.05, 0.1) is 17.8 Å². The smallest absolute Gasteiger partial charge is 0.387 e. The van der Waals surface area contributed by atoms with Crippen LogP contribution in [0.1, 0.15) is 12.8 Å². The number of amides is 2. The summed E-state index contributed by atoms with van der Waals surface area (Å²) in [5.41, 5.74) is 0.307. The molecule has 13 heteroatoms. The van der Waals surface area contributed by atoms with E-state index >= 15 is 0 Å². The molecule has 5 rings (SSSR count). The van der Waals surface area contributed by atoms with Crippen LogP contribution in [-0.2, 0) is 20.9 Å². The van der Waals surface area contributed by atoms with Gasteiger partial charge in [-0.15, -0.1) is 0 Å². The average molecular weight is 576 g/mol. The lowest BCUT2D eigenvalue weighted by Crippen LogP contribution is -2.36. The summed E-state index contributed by atoms with van der Waals surface area (Å²) >= 11 is 0. The number of carbonyl (C=O) groups excluding carboxylic acids is 3. The zero-order valence-electron chi connectivity index (χ0n) is 22.3. The van der Waals surface area contributed by atoms with E-state index in [1.165, 1.54) is 23.2 Å². The molecule has 2 aliphatic rings. The number of hydrogen-bond acceptors (Lipinski definition) is 8. The Labute approximate surface area is 239 Å². The predicted molar refractivity (Wildman–Crippen MR) is 152 cm³/mol. The Balaban J connectivity index is 1.54. The van der Waals surface area contributed by atoms with E-state index in [2.05, 4.69) is 20.7 Å². The molecule has 0 unspecified atom stereocenters. The highest BCUT2D eigenvalue weighted by atomic mass is 19.3. The molecule has 0 aliphatic carbocycles. The number of nitrogens with one attached hydrogen (secondary N) is 3. The molecule has 216 valence electrons. The Morgan fingerprint density at radius 2 is 1.93 bits per heavy atom. The van der Waals surface area contributed by atoms with Crippen molar-refractivity contribution in [3.05, 3.63) is 66.3 Å². The largest absolute Gasteiger partial charge is 0.434 e. The monoisotopic (exact) mass is 575 g/mol. The number of nitrogens with zero attached hydrogens (tertiary/aromatic N) is 4. The summed E-state index contributed by atoms with van der Waals surface area (Å²) in [4.78, 5) is 43.2. The molecular formula is C29H27F2N7O4. The minimum absolute atomic E-state index is 0.0881. The van der Waals surface area contributed by atoms with Crippen molar-refractivity contribution in [1.82, 2.24) is 20.0 Å². The van der Waals surface area contributed by atoms with Crippen molar-refractivity contribution < 1.29 is 27.9 Å². The van der Waals surface area contributed by atoms with E-state index in [4.69, 9.17) is 10.1 Å². The van der Waals surface area contributed by atoms with E-state index < -0.39 is 12.5 Å². The van der Waals surface area contributed by atoms with Gasteiger partial charge >= 0.3 is 6.61 Å². The van der Waals surface area contributed by atoms with Crippen LogP contribution in [0.2, 0.25) is 0 Å². The normalized spacial score (nSPS) is 16.3. The number of aliphatic imine (C=N–C) groups is 1. The van der Waals surface area contributed by atoms with Crippen LogP contribution in [0.4, 0.5) is 14.5 Å². The molecule has 2 aromatic carbocycles. The van der Waals surface area contributed by atoms with Crippen LogP contribution in [0, 0.1) is 11.3 Å². The van der Waals surface area contributed by atoms with Crippen LogP contribution in [0.5, 0.6) is 5.75 Å². The lowest BCUT2D eigenvalue weighted by atomic mass is 9.93. The molecule has 11 nitrogen and oxygen atoms in total. The number of allylic oxidation sites excluding steroid dienone is 1. The number of ether oxygens (including phenoxy) is 1. The molecule has 1 aromatic heterocycles. The van der Waals surface area contributed by atoms with Gasteiger partial charge in [0, 0.05) is 49.4 Å². The molecular weight excluding hydrogens is 548 g/mol. The lowest BCUT2D eigenvalue weighted by molar-refractivity contribution is -0.127. The van der Waals surface area contributed by atoms with E-state index in [0.29, 0.717) is 36.7 Å². The van der Waals surface area contributed by atoms with Gasteiger partial charge in [0.15, 0.2) is 5.78 Å². The van der Waals surface area contributed by atoms with Crippen molar-refractivity contribution in [2.24, 2.45) is 10.9 Å². The maximum Gasteiger partial charge on any atom is 0.387 e. The highest BCUT2D eigenvalue weighted by Gasteiger charge is 2.27. The second-order valence-electron chi connectivity index (χ2n) is 9.69. The fourth-order valence-electron chi connectivity index (χ4n) is 4.91. The number of Topliss-reactive ketones (excluding diaryl/α,β-unsaturated/α-hetero) is 1. The number of rotatable bonds is 10. The van der Waals surface area contributed by atoms with E-state index in [0.717, 1.165) is 12.6 Å². The fourth-order valence-corrected chi connectivity index (χ4v) is 4.91. The number of anilines is 1. The zero-order valence-corrected chi connectivity index (χ0v) is 22.3. The van der Waals surface area contributed by atoms with Crippen LogP contribution in [0.25, 0.3) is 22.0 Å². The molecule has 3 heterocycles. The molecule has 1 fully saturated rings. The van der Waals surface area contributed by atoms with E-state index in [9.17, 15) is 23.2 Å². The number of carbonyl (C=O) groups is 3. The number of piperidine rings is 1. The van der Waals surface area contributed by atoms with Gasteiger partial charge in [-0.3, -0.25) is 19.1 Å². The van der Waals surface area contributed by atoms with Crippen molar-refractivity contribution in [3.63, 3.8) is 0 Å². The minimum atomic E-state index is -3.12. The predicted octanol–water partition coefficient (Wildman–Crippen LogP) is 3.73.